The first-order valence-corrected chi connectivity index (χ1v) is 5.99. The van der Waals surface area contributed by atoms with Crippen LogP contribution in [-0.2, 0) is 11.8 Å². The van der Waals surface area contributed by atoms with Crippen molar-refractivity contribution >= 4 is 5.97 Å². The van der Waals surface area contributed by atoms with Crippen molar-refractivity contribution in [2.75, 3.05) is 13.1 Å². The van der Waals surface area contributed by atoms with Crippen LogP contribution < -0.4 is 0 Å². The molecule has 1 saturated heterocycles. The molecule has 1 unspecified atom stereocenters. The summed E-state index contributed by atoms with van der Waals surface area (Å²) >= 11 is 0. The first kappa shape index (κ1) is 12.1. The van der Waals surface area contributed by atoms with Crippen molar-refractivity contribution < 1.29 is 9.90 Å². The molecule has 5 nitrogen and oxygen atoms in total. The average molecular weight is 237 g/mol. The maximum Gasteiger partial charge on any atom is 0.327 e. The minimum absolute atomic E-state index is 0.586. The number of carboxylic acid groups (broad SMARTS) is 1. The smallest absolute Gasteiger partial charge is 0.327 e. The Kier molecular flexibility index (Phi) is 3.19. The van der Waals surface area contributed by atoms with Crippen molar-refractivity contribution in [3.8, 4) is 0 Å². The SMILES string of the molecule is Cc1nc(C(C(=O)O)N2CCCC2)c(C)n1C. The highest BCUT2D eigenvalue weighted by atomic mass is 16.4. The number of carbonyl (C=O) groups is 1. The van der Waals surface area contributed by atoms with Gasteiger partial charge >= 0.3 is 5.97 Å². The Balaban J connectivity index is 2.38. The molecule has 17 heavy (non-hydrogen) atoms. The molecule has 1 aromatic rings. The second-order valence-corrected chi connectivity index (χ2v) is 4.67. The van der Waals surface area contributed by atoms with Crippen molar-refractivity contribution in [3.63, 3.8) is 0 Å². The molecule has 0 radical (unpaired) electrons. The average Bonchev–Trinajstić information content (AvgIpc) is 2.85. The van der Waals surface area contributed by atoms with Crippen LogP contribution >= 0.6 is 0 Å². The molecule has 1 N–H and O–H groups in total. The molecular weight excluding hydrogens is 218 g/mol. The Morgan fingerprint density at radius 2 is 1.94 bits per heavy atom. The van der Waals surface area contributed by atoms with E-state index >= 15 is 0 Å². The number of aromatic nitrogens is 2. The summed E-state index contributed by atoms with van der Waals surface area (Å²) in [6.07, 6.45) is 2.16. The summed E-state index contributed by atoms with van der Waals surface area (Å²) in [7, 11) is 1.92. The third kappa shape index (κ3) is 2.07. The van der Waals surface area contributed by atoms with E-state index in [1.165, 1.54) is 0 Å². The molecule has 0 saturated carbocycles. The number of aliphatic carboxylic acids is 1. The molecular formula is C12H19N3O2. The standard InChI is InChI=1S/C12H19N3O2/c1-8-10(13-9(2)14(8)3)11(12(16)17)15-6-4-5-7-15/h11H,4-7H2,1-3H3,(H,16,17). The van der Waals surface area contributed by atoms with Gasteiger partial charge in [-0.2, -0.15) is 0 Å². The van der Waals surface area contributed by atoms with E-state index in [-0.39, 0.29) is 0 Å². The third-order valence-electron chi connectivity index (χ3n) is 3.64. The quantitative estimate of drug-likeness (QED) is 0.859. The first-order valence-electron chi connectivity index (χ1n) is 5.99. The number of hydrogen-bond donors (Lipinski definition) is 1. The van der Waals surface area contributed by atoms with Gasteiger partial charge in [0.1, 0.15) is 5.82 Å². The second-order valence-electron chi connectivity index (χ2n) is 4.67. The highest BCUT2D eigenvalue weighted by Crippen LogP contribution is 2.27. The Hall–Kier alpha value is -1.36. The van der Waals surface area contributed by atoms with Crippen molar-refractivity contribution in [1.29, 1.82) is 0 Å². The lowest BCUT2D eigenvalue weighted by atomic mass is 10.1. The van der Waals surface area contributed by atoms with Gasteiger partial charge < -0.3 is 9.67 Å². The maximum absolute atomic E-state index is 11.5. The minimum Gasteiger partial charge on any atom is -0.480 e. The van der Waals surface area contributed by atoms with Crippen molar-refractivity contribution in [1.82, 2.24) is 14.5 Å². The fourth-order valence-electron chi connectivity index (χ4n) is 2.45. The van der Waals surface area contributed by atoms with Crippen molar-refractivity contribution in [2.24, 2.45) is 7.05 Å². The molecule has 2 rings (SSSR count). The predicted molar refractivity (Wildman–Crippen MR) is 63.9 cm³/mol. The molecule has 0 aromatic carbocycles. The van der Waals surface area contributed by atoms with E-state index in [1.807, 2.05) is 30.4 Å². The number of nitrogens with zero attached hydrogens (tertiary/aromatic N) is 3. The Morgan fingerprint density at radius 1 is 1.35 bits per heavy atom. The van der Waals surface area contributed by atoms with E-state index in [0.717, 1.165) is 37.4 Å². The van der Waals surface area contributed by atoms with Crippen LogP contribution in [0.15, 0.2) is 0 Å². The lowest BCUT2D eigenvalue weighted by molar-refractivity contribution is -0.143. The van der Waals surface area contributed by atoms with E-state index in [9.17, 15) is 9.90 Å². The molecule has 2 heterocycles. The second kappa shape index (κ2) is 4.49. The molecule has 1 aromatic heterocycles. The maximum atomic E-state index is 11.5. The van der Waals surface area contributed by atoms with Crippen LogP contribution in [0.5, 0.6) is 0 Å². The zero-order valence-electron chi connectivity index (χ0n) is 10.6. The van der Waals surface area contributed by atoms with Crippen LogP contribution in [0.3, 0.4) is 0 Å². The van der Waals surface area contributed by atoms with Gasteiger partial charge in [-0.05, 0) is 39.8 Å². The van der Waals surface area contributed by atoms with Crippen molar-refractivity contribution in [3.05, 3.63) is 17.2 Å². The molecule has 1 aliphatic rings. The van der Waals surface area contributed by atoms with Gasteiger partial charge in [-0.25, -0.2) is 4.98 Å². The van der Waals surface area contributed by atoms with Gasteiger partial charge in [0, 0.05) is 12.7 Å². The van der Waals surface area contributed by atoms with Crippen LogP contribution in [0.1, 0.15) is 36.1 Å². The highest BCUT2D eigenvalue weighted by molar-refractivity contribution is 5.75. The van der Waals surface area contributed by atoms with E-state index < -0.39 is 12.0 Å². The molecule has 5 heteroatoms. The molecule has 1 atom stereocenters. The predicted octanol–water partition coefficient (Wildman–Crippen LogP) is 1.26. The normalized spacial score (nSPS) is 18.5. The number of imidazole rings is 1. The number of carboxylic acids is 1. The summed E-state index contributed by atoms with van der Waals surface area (Å²) in [6, 6.07) is -0.586. The minimum atomic E-state index is -0.798. The van der Waals surface area contributed by atoms with Gasteiger partial charge in [-0.15, -0.1) is 0 Å². The number of aryl methyl sites for hydroxylation is 1. The van der Waals surface area contributed by atoms with Crippen molar-refractivity contribution in [2.45, 2.75) is 32.7 Å². The summed E-state index contributed by atoms with van der Waals surface area (Å²) in [4.78, 5) is 17.9. The summed E-state index contributed by atoms with van der Waals surface area (Å²) in [5.74, 6) is 0.0658. The van der Waals surface area contributed by atoms with E-state index in [1.54, 1.807) is 0 Å². The van der Waals surface area contributed by atoms with Gasteiger partial charge in [-0.3, -0.25) is 9.69 Å². The Morgan fingerprint density at radius 3 is 2.35 bits per heavy atom. The lowest BCUT2D eigenvalue weighted by Crippen LogP contribution is -2.32. The largest absolute Gasteiger partial charge is 0.480 e. The zero-order valence-corrected chi connectivity index (χ0v) is 10.6. The van der Waals surface area contributed by atoms with Gasteiger partial charge in [0.2, 0.25) is 0 Å². The fourth-order valence-corrected chi connectivity index (χ4v) is 2.45. The topological polar surface area (TPSA) is 58.4 Å². The van der Waals surface area contributed by atoms with Crippen LogP contribution in [0.25, 0.3) is 0 Å². The number of rotatable bonds is 3. The lowest BCUT2D eigenvalue weighted by Gasteiger charge is -2.22. The van der Waals surface area contributed by atoms with Crippen LogP contribution in [0.2, 0.25) is 0 Å². The molecule has 1 fully saturated rings. The first-order chi connectivity index (χ1) is 8.02. The van der Waals surface area contributed by atoms with E-state index in [4.69, 9.17) is 0 Å². The summed E-state index contributed by atoms with van der Waals surface area (Å²) in [5.41, 5.74) is 1.64. The monoisotopic (exact) mass is 237 g/mol. The third-order valence-corrected chi connectivity index (χ3v) is 3.64. The molecule has 94 valence electrons. The summed E-state index contributed by atoms with van der Waals surface area (Å²) < 4.78 is 1.95. The molecule has 0 bridgehead atoms. The van der Waals surface area contributed by atoms with Gasteiger partial charge in [0.25, 0.3) is 0 Å². The molecule has 1 aliphatic heterocycles. The van der Waals surface area contributed by atoms with Crippen LogP contribution in [0, 0.1) is 13.8 Å². The van der Waals surface area contributed by atoms with Gasteiger partial charge in [0.15, 0.2) is 6.04 Å². The van der Waals surface area contributed by atoms with Crippen LogP contribution in [0.4, 0.5) is 0 Å². The Labute approximate surface area is 101 Å². The Bertz CT molecular complexity index is 433. The van der Waals surface area contributed by atoms with Crippen LogP contribution in [-0.4, -0.2) is 38.6 Å². The summed E-state index contributed by atoms with van der Waals surface area (Å²) in [6.45, 7) is 5.54. The van der Waals surface area contributed by atoms with E-state index in [0.29, 0.717) is 5.69 Å². The molecule has 0 spiro atoms. The van der Waals surface area contributed by atoms with E-state index in [2.05, 4.69) is 4.98 Å². The molecule has 0 aliphatic carbocycles. The zero-order chi connectivity index (χ0) is 12.6. The number of likely N-dealkylation sites (tertiary alicyclic amines) is 1. The van der Waals surface area contributed by atoms with Gasteiger partial charge in [-0.1, -0.05) is 0 Å². The molecule has 0 amide bonds. The summed E-state index contributed by atoms with van der Waals surface area (Å²) in [5, 5.41) is 9.42. The van der Waals surface area contributed by atoms with Gasteiger partial charge in [0.05, 0.1) is 5.69 Å². The fraction of sp³-hybridized carbons (Fsp3) is 0.667. The highest BCUT2D eigenvalue weighted by Gasteiger charge is 2.33. The number of hydrogen-bond acceptors (Lipinski definition) is 3.